The summed E-state index contributed by atoms with van der Waals surface area (Å²) in [6.45, 7) is 0. The minimum atomic E-state index is -0.308. The predicted octanol–water partition coefficient (Wildman–Crippen LogP) is 18.8. The van der Waals surface area contributed by atoms with E-state index in [0.717, 1.165) is 50.8 Å². The molecular weight excluding hydrogens is 1040 g/mol. The van der Waals surface area contributed by atoms with Gasteiger partial charge in [-0.3, -0.25) is 0 Å². The van der Waals surface area contributed by atoms with Crippen LogP contribution < -0.4 is 0 Å². The Morgan fingerprint density at radius 1 is 0.382 bits per heavy atom. The largest absolute Gasteiger partial charge is 0.206 e. The first-order valence-electron chi connectivity index (χ1n) is 23.2. The molecular formula is C57H58Br2F3N3S3. The van der Waals surface area contributed by atoms with Crippen molar-refractivity contribution in [2.75, 3.05) is 22.2 Å². The molecule has 0 aromatic heterocycles. The summed E-state index contributed by atoms with van der Waals surface area (Å²) < 4.78 is 42.9. The molecule has 0 saturated heterocycles. The van der Waals surface area contributed by atoms with Crippen molar-refractivity contribution in [1.82, 2.24) is 0 Å². The second-order valence-electron chi connectivity index (χ2n) is 16.0. The minimum Gasteiger partial charge on any atom is -0.206 e. The van der Waals surface area contributed by atoms with E-state index in [1.807, 2.05) is 30.3 Å². The zero-order chi connectivity index (χ0) is 48.8. The van der Waals surface area contributed by atoms with Crippen molar-refractivity contribution < 1.29 is 13.2 Å². The molecule has 11 heteroatoms. The molecule has 0 bridgehead atoms. The minimum absolute atomic E-state index is 0.233. The van der Waals surface area contributed by atoms with Gasteiger partial charge in [0.2, 0.25) is 0 Å². The van der Waals surface area contributed by atoms with Crippen molar-refractivity contribution >= 4 is 68.0 Å². The van der Waals surface area contributed by atoms with Crippen LogP contribution in [0.25, 0.3) is 33.4 Å². The molecule has 0 unspecified atom stereocenters. The standard InChI is InChI=1S/C35H32F2N2S2.C13H8FNS.C9H18Br2/c36-34-22-30(16-18-32(34)28-12-8-26(24-38)9-13-28)40-20-6-4-2-1-3-5-7-21-41-31-17-19-33(35(37)23-31)29-14-10-27(25-39)11-15-29;14-13-7-11(16)5-6-12(13)10-3-1-9(8-15)2-4-10;10-8-6-4-2-1-3-5-7-9-11/h8-19,22-23H,1-7,20-21H2;1-7,16H;1-9H2. The molecule has 0 fully saturated rings. The SMILES string of the molecule is BrCCCCCCCCCBr.N#Cc1ccc(-c2ccc(S)cc2F)cc1.N#Cc1ccc(-c2ccc(SCCCCCCCCCSc3ccc(-c4ccc(C#N)cc4)c(F)c3)cc2F)cc1. The average molecular weight is 1100 g/mol. The van der Waals surface area contributed by atoms with Gasteiger partial charge < -0.3 is 0 Å². The van der Waals surface area contributed by atoms with Gasteiger partial charge in [0, 0.05) is 42.0 Å². The second-order valence-corrected chi connectivity index (χ2v) is 20.5. The summed E-state index contributed by atoms with van der Waals surface area (Å²) in [4.78, 5) is 2.48. The Balaban J connectivity index is 0.000000303. The Hall–Kier alpha value is -4.41. The summed E-state index contributed by atoms with van der Waals surface area (Å²) in [5.74, 6) is 1.18. The van der Waals surface area contributed by atoms with Crippen LogP contribution in [0.2, 0.25) is 0 Å². The molecule has 3 nitrogen and oxygen atoms in total. The molecule has 0 spiro atoms. The molecule has 0 aliphatic heterocycles. The van der Waals surface area contributed by atoms with Gasteiger partial charge >= 0.3 is 0 Å². The van der Waals surface area contributed by atoms with E-state index in [2.05, 4.69) is 56.6 Å². The first kappa shape index (κ1) is 56.2. The van der Waals surface area contributed by atoms with Gasteiger partial charge in [-0.05, 0) is 127 Å². The number of unbranched alkanes of at least 4 members (excludes halogenated alkanes) is 12. The molecule has 0 atom stereocenters. The van der Waals surface area contributed by atoms with Crippen molar-refractivity contribution in [1.29, 1.82) is 15.8 Å². The lowest BCUT2D eigenvalue weighted by atomic mass is 10.0. The van der Waals surface area contributed by atoms with Gasteiger partial charge in [0.15, 0.2) is 0 Å². The highest BCUT2D eigenvalue weighted by Gasteiger charge is 2.09. The number of rotatable bonds is 23. The van der Waals surface area contributed by atoms with E-state index in [0.29, 0.717) is 38.3 Å². The van der Waals surface area contributed by atoms with Crippen LogP contribution in [0.4, 0.5) is 13.2 Å². The summed E-state index contributed by atoms with van der Waals surface area (Å²) in [5.41, 5.74) is 5.64. The third-order valence-corrected chi connectivity index (χ3v) is 14.5. The summed E-state index contributed by atoms with van der Waals surface area (Å²) in [6.07, 6.45) is 18.0. The fourth-order valence-electron chi connectivity index (χ4n) is 7.09. The van der Waals surface area contributed by atoms with Crippen LogP contribution in [0.3, 0.4) is 0 Å². The van der Waals surface area contributed by atoms with Crippen molar-refractivity contribution in [3.63, 3.8) is 0 Å². The zero-order valence-electron chi connectivity index (χ0n) is 38.3. The van der Waals surface area contributed by atoms with Crippen LogP contribution in [0.5, 0.6) is 0 Å². The number of hydrogen-bond acceptors (Lipinski definition) is 6. The molecule has 6 aromatic carbocycles. The number of nitriles is 3. The van der Waals surface area contributed by atoms with Gasteiger partial charge in [0.05, 0.1) is 34.9 Å². The molecule has 6 aromatic rings. The Kier molecular flexibility index (Phi) is 27.4. The molecule has 0 aliphatic rings. The maximum absolute atomic E-state index is 14.6. The van der Waals surface area contributed by atoms with Gasteiger partial charge in [-0.25, -0.2) is 13.2 Å². The van der Waals surface area contributed by atoms with Crippen LogP contribution in [0, 0.1) is 51.4 Å². The highest BCUT2D eigenvalue weighted by atomic mass is 79.9. The topological polar surface area (TPSA) is 71.4 Å². The van der Waals surface area contributed by atoms with Gasteiger partial charge in [0.1, 0.15) is 17.5 Å². The lowest BCUT2D eigenvalue weighted by Gasteiger charge is -2.07. The lowest BCUT2D eigenvalue weighted by molar-refractivity contribution is 0.605. The van der Waals surface area contributed by atoms with E-state index in [1.165, 1.54) is 93.8 Å². The third-order valence-electron chi connectivity index (χ3n) is 10.9. The van der Waals surface area contributed by atoms with E-state index < -0.39 is 0 Å². The number of thioether (sulfide) groups is 2. The van der Waals surface area contributed by atoms with E-state index in [4.69, 9.17) is 15.8 Å². The number of thiol groups is 1. The Labute approximate surface area is 433 Å². The third kappa shape index (κ3) is 20.7. The summed E-state index contributed by atoms with van der Waals surface area (Å²) >= 11 is 14.3. The monoisotopic (exact) mass is 1100 g/mol. The lowest BCUT2D eigenvalue weighted by Crippen LogP contribution is -1.88. The van der Waals surface area contributed by atoms with Gasteiger partial charge in [0.25, 0.3) is 0 Å². The van der Waals surface area contributed by atoms with Crippen LogP contribution >= 0.6 is 68.0 Å². The van der Waals surface area contributed by atoms with Gasteiger partial charge in [-0.15, -0.1) is 36.2 Å². The average Bonchev–Trinajstić information content (AvgIpc) is 3.36. The summed E-state index contributed by atoms with van der Waals surface area (Å²) in [7, 11) is 0. The maximum Gasteiger partial charge on any atom is 0.132 e. The van der Waals surface area contributed by atoms with E-state index >= 15 is 0 Å². The number of hydrogen-bond donors (Lipinski definition) is 1. The second kappa shape index (κ2) is 33.2. The number of alkyl halides is 2. The highest BCUT2D eigenvalue weighted by Crippen LogP contribution is 2.31. The van der Waals surface area contributed by atoms with E-state index in [-0.39, 0.29) is 17.5 Å². The van der Waals surface area contributed by atoms with Crippen LogP contribution in [-0.2, 0) is 0 Å². The van der Waals surface area contributed by atoms with Crippen molar-refractivity contribution in [3.8, 4) is 51.6 Å². The molecule has 354 valence electrons. The highest BCUT2D eigenvalue weighted by molar-refractivity contribution is 9.09. The maximum atomic E-state index is 14.6. The molecule has 0 saturated carbocycles. The molecule has 0 N–H and O–H groups in total. The Morgan fingerprint density at radius 2 is 0.676 bits per heavy atom. The fraction of sp³-hybridized carbons (Fsp3) is 0.316. The Morgan fingerprint density at radius 3 is 0.971 bits per heavy atom. The smallest absolute Gasteiger partial charge is 0.132 e. The van der Waals surface area contributed by atoms with E-state index in [1.54, 1.807) is 121 Å². The Bertz CT molecular complexity index is 2410. The normalized spacial score (nSPS) is 10.5. The molecule has 0 aliphatic carbocycles. The molecule has 0 amide bonds. The van der Waals surface area contributed by atoms with Crippen molar-refractivity contribution in [2.45, 2.75) is 105 Å². The van der Waals surface area contributed by atoms with E-state index in [9.17, 15) is 13.2 Å². The first-order valence-corrected chi connectivity index (χ1v) is 27.8. The summed E-state index contributed by atoms with van der Waals surface area (Å²) in [5, 5.41) is 28.9. The molecule has 0 heterocycles. The van der Waals surface area contributed by atoms with Gasteiger partial charge in [-0.1, -0.05) is 151 Å². The number of halogens is 5. The van der Waals surface area contributed by atoms with Gasteiger partial charge in [-0.2, -0.15) is 15.8 Å². The van der Waals surface area contributed by atoms with Crippen LogP contribution in [0.1, 0.15) is 107 Å². The molecule has 6 rings (SSSR count). The molecule has 68 heavy (non-hydrogen) atoms. The first-order chi connectivity index (χ1) is 33.2. The number of nitrogens with zero attached hydrogens (tertiary/aromatic N) is 3. The fourth-order valence-corrected chi connectivity index (χ4v) is 9.94. The summed E-state index contributed by atoms with van der Waals surface area (Å²) in [6, 6.07) is 42.5. The van der Waals surface area contributed by atoms with Crippen LogP contribution in [0.15, 0.2) is 142 Å². The van der Waals surface area contributed by atoms with Crippen molar-refractivity contribution in [3.05, 3.63) is 162 Å². The molecule has 0 radical (unpaired) electrons. The van der Waals surface area contributed by atoms with Crippen LogP contribution in [-0.4, -0.2) is 22.2 Å². The predicted molar refractivity (Wildman–Crippen MR) is 291 cm³/mol. The van der Waals surface area contributed by atoms with Crippen molar-refractivity contribution in [2.24, 2.45) is 0 Å². The zero-order valence-corrected chi connectivity index (χ0v) is 44.0. The number of benzene rings is 6. The quantitative estimate of drug-likeness (QED) is 0.0300.